The fraction of sp³-hybridized carbons (Fsp3) is 0.818. The molecule has 0 unspecified atom stereocenters. The molecule has 0 atom stereocenters. The molecule has 0 rings (SSSR count). The highest BCUT2D eigenvalue weighted by Crippen LogP contribution is 1.98. The van der Waals surface area contributed by atoms with Gasteiger partial charge in [-0.05, 0) is 25.8 Å². The van der Waals surface area contributed by atoms with Crippen molar-refractivity contribution < 1.29 is 14.7 Å². The number of hydrogen-bond acceptors (Lipinski definition) is 3. The van der Waals surface area contributed by atoms with E-state index in [2.05, 4.69) is 10.6 Å². The van der Waals surface area contributed by atoms with Crippen molar-refractivity contribution in [2.24, 2.45) is 0 Å². The van der Waals surface area contributed by atoms with E-state index in [1.807, 2.05) is 6.92 Å². The molecule has 16 heavy (non-hydrogen) atoms. The second-order valence-corrected chi connectivity index (χ2v) is 3.73. The number of hydrogen-bond donors (Lipinski definition) is 3. The third-order valence-electron chi connectivity index (χ3n) is 2.10. The quantitative estimate of drug-likeness (QED) is 0.484. The molecule has 0 fully saturated rings. The van der Waals surface area contributed by atoms with Crippen molar-refractivity contribution >= 4 is 11.9 Å². The summed E-state index contributed by atoms with van der Waals surface area (Å²) in [5, 5.41) is 14.2. The Morgan fingerprint density at radius 2 is 1.88 bits per heavy atom. The first-order valence-electron chi connectivity index (χ1n) is 5.86. The number of amides is 1. The van der Waals surface area contributed by atoms with Crippen molar-refractivity contribution in [3.63, 3.8) is 0 Å². The van der Waals surface area contributed by atoms with Crippen LogP contribution in [0.2, 0.25) is 0 Å². The SMILES string of the molecule is CCCNCC(=O)NCCCCCC(=O)O. The average Bonchev–Trinajstić information content (AvgIpc) is 2.23. The highest BCUT2D eigenvalue weighted by atomic mass is 16.4. The van der Waals surface area contributed by atoms with Gasteiger partial charge in [-0.1, -0.05) is 13.3 Å². The maximum Gasteiger partial charge on any atom is 0.303 e. The Balaban J connectivity index is 3.18. The van der Waals surface area contributed by atoms with Gasteiger partial charge in [-0.2, -0.15) is 0 Å². The second-order valence-electron chi connectivity index (χ2n) is 3.73. The zero-order valence-corrected chi connectivity index (χ0v) is 9.92. The van der Waals surface area contributed by atoms with Gasteiger partial charge in [0, 0.05) is 13.0 Å². The summed E-state index contributed by atoms with van der Waals surface area (Å²) >= 11 is 0. The summed E-state index contributed by atoms with van der Waals surface area (Å²) in [6, 6.07) is 0. The van der Waals surface area contributed by atoms with E-state index in [1.54, 1.807) is 0 Å². The van der Waals surface area contributed by atoms with Gasteiger partial charge in [-0.3, -0.25) is 9.59 Å². The molecule has 0 bridgehead atoms. The minimum Gasteiger partial charge on any atom is -0.481 e. The van der Waals surface area contributed by atoms with Gasteiger partial charge in [0.25, 0.3) is 0 Å². The first-order valence-corrected chi connectivity index (χ1v) is 5.86. The lowest BCUT2D eigenvalue weighted by atomic mass is 10.2. The number of carboxylic acids is 1. The Kier molecular flexibility index (Phi) is 9.70. The Labute approximate surface area is 96.6 Å². The number of unbranched alkanes of at least 4 members (excludes halogenated alkanes) is 2. The van der Waals surface area contributed by atoms with E-state index in [0.717, 1.165) is 25.8 Å². The van der Waals surface area contributed by atoms with Crippen LogP contribution in [0.1, 0.15) is 39.0 Å². The third kappa shape index (κ3) is 11.0. The normalized spacial score (nSPS) is 10.1. The number of carbonyl (C=O) groups excluding carboxylic acids is 1. The third-order valence-corrected chi connectivity index (χ3v) is 2.10. The van der Waals surface area contributed by atoms with Crippen LogP contribution in [0.15, 0.2) is 0 Å². The van der Waals surface area contributed by atoms with E-state index in [-0.39, 0.29) is 12.3 Å². The predicted molar refractivity (Wildman–Crippen MR) is 62.3 cm³/mol. The Bertz CT molecular complexity index is 207. The first kappa shape index (κ1) is 14.9. The van der Waals surface area contributed by atoms with E-state index < -0.39 is 5.97 Å². The number of rotatable bonds is 10. The molecule has 0 aromatic heterocycles. The lowest BCUT2D eigenvalue weighted by Crippen LogP contribution is -2.34. The van der Waals surface area contributed by atoms with Crippen LogP contribution in [-0.4, -0.2) is 36.6 Å². The van der Waals surface area contributed by atoms with Crippen LogP contribution in [0.3, 0.4) is 0 Å². The van der Waals surface area contributed by atoms with Crippen molar-refractivity contribution in [3.05, 3.63) is 0 Å². The topological polar surface area (TPSA) is 78.4 Å². The number of nitrogens with one attached hydrogen (secondary N) is 2. The summed E-state index contributed by atoms with van der Waals surface area (Å²) in [4.78, 5) is 21.4. The van der Waals surface area contributed by atoms with Crippen LogP contribution in [0.4, 0.5) is 0 Å². The molecule has 0 aromatic rings. The van der Waals surface area contributed by atoms with E-state index in [4.69, 9.17) is 5.11 Å². The largest absolute Gasteiger partial charge is 0.481 e. The van der Waals surface area contributed by atoms with Crippen LogP contribution in [-0.2, 0) is 9.59 Å². The van der Waals surface area contributed by atoms with Crippen molar-refractivity contribution in [1.29, 1.82) is 0 Å². The van der Waals surface area contributed by atoms with Gasteiger partial charge in [0.15, 0.2) is 0 Å². The predicted octanol–water partition coefficient (Wildman–Crippen LogP) is 0.747. The fourth-order valence-electron chi connectivity index (χ4n) is 1.25. The van der Waals surface area contributed by atoms with Crippen LogP contribution in [0, 0.1) is 0 Å². The zero-order valence-electron chi connectivity index (χ0n) is 9.92. The van der Waals surface area contributed by atoms with E-state index in [9.17, 15) is 9.59 Å². The fourth-order valence-corrected chi connectivity index (χ4v) is 1.25. The molecule has 1 amide bonds. The van der Waals surface area contributed by atoms with E-state index in [0.29, 0.717) is 19.5 Å². The number of aliphatic carboxylic acids is 1. The van der Waals surface area contributed by atoms with Crippen LogP contribution < -0.4 is 10.6 Å². The molecule has 0 aliphatic heterocycles. The van der Waals surface area contributed by atoms with E-state index >= 15 is 0 Å². The van der Waals surface area contributed by atoms with Gasteiger partial charge in [0.05, 0.1) is 6.54 Å². The molecule has 3 N–H and O–H groups in total. The molecular weight excluding hydrogens is 208 g/mol. The van der Waals surface area contributed by atoms with Crippen molar-refractivity contribution in [2.75, 3.05) is 19.6 Å². The highest BCUT2D eigenvalue weighted by molar-refractivity contribution is 5.77. The zero-order chi connectivity index (χ0) is 12.2. The van der Waals surface area contributed by atoms with Crippen LogP contribution in [0.5, 0.6) is 0 Å². The lowest BCUT2D eigenvalue weighted by Gasteiger charge is -2.05. The molecule has 0 heterocycles. The lowest BCUT2D eigenvalue weighted by molar-refractivity contribution is -0.137. The summed E-state index contributed by atoms with van der Waals surface area (Å²) in [5.74, 6) is -0.750. The van der Waals surface area contributed by atoms with Gasteiger partial charge in [-0.15, -0.1) is 0 Å². The maximum atomic E-state index is 11.2. The Morgan fingerprint density at radius 3 is 2.50 bits per heavy atom. The van der Waals surface area contributed by atoms with Crippen molar-refractivity contribution in [3.8, 4) is 0 Å². The van der Waals surface area contributed by atoms with Gasteiger partial charge >= 0.3 is 5.97 Å². The molecule has 0 radical (unpaired) electrons. The molecule has 0 aliphatic rings. The Hall–Kier alpha value is -1.10. The van der Waals surface area contributed by atoms with E-state index in [1.165, 1.54) is 0 Å². The van der Waals surface area contributed by atoms with Gasteiger partial charge < -0.3 is 15.7 Å². The summed E-state index contributed by atoms with van der Waals surface area (Å²) in [6.07, 6.45) is 3.59. The number of carbonyl (C=O) groups is 2. The van der Waals surface area contributed by atoms with Crippen molar-refractivity contribution in [1.82, 2.24) is 10.6 Å². The molecular formula is C11H22N2O3. The van der Waals surface area contributed by atoms with Crippen LogP contribution >= 0.6 is 0 Å². The highest BCUT2D eigenvalue weighted by Gasteiger charge is 1.99. The average molecular weight is 230 g/mol. The summed E-state index contributed by atoms with van der Waals surface area (Å²) in [7, 11) is 0. The standard InChI is InChI=1S/C11H22N2O3/c1-2-7-12-9-10(14)13-8-5-3-4-6-11(15)16/h12H,2-9H2,1H3,(H,13,14)(H,15,16). The first-order chi connectivity index (χ1) is 7.66. The smallest absolute Gasteiger partial charge is 0.303 e. The molecule has 5 nitrogen and oxygen atoms in total. The minimum atomic E-state index is -0.757. The van der Waals surface area contributed by atoms with Gasteiger partial charge in [0.2, 0.25) is 5.91 Å². The minimum absolute atomic E-state index is 0.00619. The molecule has 0 aliphatic carbocycles. The van der Waals surface area contributed by atoms with Crippen LogP contribution in [0.25, 0.3) is 0 Å². The molecule has 0 aromatic carbocycles. The summed E-state index contributed by atoms with van der Waals surface area (Å²) in [6.45, 7) is 3.90. The Morgan fingerprint density at radius 1 is 1.12 bits per heavy atom. The maximum absolute atomic E-state index is 11.2. The monoisotopic (exact) mass is 230 g/mol. The number of carboxylic acid groups (broad SMARTS) is 1. The van der Waals surface area contributed by atoms with Gasteiger partial charge in [-0.25, -0.2) is 0 Å². The van der Waals surface area contributed by atoms with Crippen molar-refractivity contribution in [2.45, 2.75) is 39.0 Å². The summed E-state index contributed by atoms with van der Waals surface area (Å²) in [5.41, 5.74) is 0. The molecule has 0 spiro atoms. The summed E-state index contributed by atoms with van der Waals surface area (Å²) < 4.78 is 0. The molecule has 5 heteroatoms. The second kappa shape index (κ2) is 10.4. The molecule has 94 valence electrons. The van der Waals surface area contributed by atoms with Gasteiger partial charge in [0.1, 0.15) is 0 Å². The molecule has 0 saturated heterocycles. The molecule has 0 saturated carbocycles.